The summed E-state index contributed by atoms with van der Waals surface area (Å²) in [5.41, 5.74) is 6.08. The van der Waals surface area contributed by atoms with Gasteiger partial charge in [-0.05, 0) is 12.5 Å². The number of nitro benzene ring substituents is 1. The van der Waals surface area contributed by atoms with Crippen molar-refractivity contribution in [3.63, 3.8) is 0 Å². The van der Waals surface area contributed by atoms with Gasteiger partial charge in [-0.15, -0.1) is 0 Å². The van der Waals surface area contributed by atoms with Crippen LogP contribution in [-0.2, 0) is 0 Å². The minimum atomic E-state index is -0.462. The summed E-state index contributed by atoms with van der Waals surface area (Å²) in [6, 6.07) is 6.30. The number of rotatable bonds is 3. The standard InChI is InChI=1S/C13H12N4O3/c14-9-6-5-8(7-9)13-15-12(16-20-13)10-3-1-2-4-11(10)17(18)19/h1-6,8-9H,7,14H2. The Labute approximate surface area is 114 Å². The molecule has 0 saturated heterocycles. The molecule has 1 aliphatic carbocycles. The van der Waals surface area contributed by atoms with Gasteiger partial charge >= 0.3 is 0 Å². The van der Waals surface area contributed by atoms with Crippen LogP contribution in [-0.4, -0.2) is 21.1 Å². The summed E-state index contributed by atoms with van der Waals surface area (Å²) < 4.78 is 5.20. The molecule has 2 N–H and O–H groups in total. The Morgan fingerprint density at radius 3 is 2.85 bits per heavy atom. The number of nitrogens with zero attached hydrogens (tertiary/aromatic N) is 3. The molecule has 7 nitrogen and oxygen atoms in total. The molecule has 0 aliphatic heterocycles. The van der Waals surface area contributed by atoms with Crippen LogP contribution < -0.4 is 5.73 Å². The van der Waals surface area contributed by atoms with Crippen LogP contribution in [0.4, 0.5) is 5.69 Å². The van der Waals surface area contributed by atoms with E-state index in [0.717, 1.165) is 0 Å². The third-order valence-corrected chi connectivity index (χ3v) is 3.22. The average Bonchev–Trinajstić information content (AvgIpc) is 3.07. The van der Waals surface area contributed by atoms with E-state index in [1.165, 1.54) is 6.07 Å². The van der Waals surface area contributed by atoms with Crippen LogP contribution in [0.5, 0.6) is 0 Å². The van der Waals surface area contributed by atoms with Crippen LogP contribution in [0.3, 0.4) is 0 Å². The Hall–Kier alpha value is -2.54. The Balaban J connectivity index is 1.95. The molecule has 0 bridgehead atoms. The third kappa shape index (κ3) is 2.19. The predicted octanol–water partition coefficient (Wildman–Crippen LogP) is 2.02. The van der Waals surface area contributed by atoms with Gasteiger partial charge in [-0.25, -0.2) is 0 Å². The SMILES string of the molecule is NC1C=CC(c2nc(-c3ccccc3[N+](=O)[O-])no2)C1. The van der Waals surface area contributed by atoms with Gasteiger partial charge in [0.1, 0.15) is 5.56 Å². The molecule has 0 spiro atoms. The Kier molecular flexibility index (Phi) is 3.03. The number of para-hydroxylation sites is 1. The van der Waals surface area contributed by atoms with E-state index in [4.69, 9.17) is 10.3 Å². The van der Waals surface area contributed by atoms with E-state index in [1.807, 2.05) is 12.2 Å². The maximum atomic E-state index is 11.0. The molecule has 0 saturated carbocycles. The highest BCUT2D eigenvalue weighted by Crippen LogP contribution is 2.31. The zero-order valence-electron chi connectivity index (χ0n) is 10.5. The van der Waals surface area contributed by atoms with Crippen LogP contribution in [0.1, 0.15) is 18.2 Å². The average molecular weight is 272 g/mol. The van der Waals surface area contributed by atoms with Crippen LogP contribution in [0.25, 0.3) is 11.4 Å². The maximum absolute atomic E-state index is 11.0. The van der Waals surface area contributed by atoms with Crippen molar-refractivity contribution in [2.45, 2.75) is 18.4 Å². The van der Waals surface area contributed by atoms with Gasteiger partial charge in [-0.2, -0.15) is 4.98 Å². The van der Waals surface area contributed by atoms with Gasteiger partial charge in [0.2, 0.25) is 11.7 Å². The molecular formula is C13H12N4O3. The van der Waals surface area contributed by atoms with Gasteiger partial charge in [0.05, 0.1) is 10.8 Å². The van der Waals surface area contributed by atoms with E-state index in [-0.39, 0.29) is 23.5 Å². The number of hydrogen-bond acceptors (Lipinski definition) is 6. The van der Waals surface area contributed by atoms with Gasteiger partial charge in [0.25, 0.3) is 5.69 Å². The summed E-state index contributed by atoms with van der Waals surface area (Å²) in [5, 5.41) is 14.8. The highest BCUT2D eigenvalue weighted by Gasteiger charge is 2.25. The molecule has 20 heavy (non-hydrogen) atoms. The van der Waals surface area contributed by atoms with Gasteiger partial charge < -0.3 is 10.3 Å². The van der Waals surface area contributed by atoms with Crippen LogP contribution >= 0.6 is 0 Å². The lowest BCUT2D eigenvalue weighted by molar-refractivity contribution is -0.384. The highest BCUT2D eigenvalue weighted by atomic mass is 16.6. The zero-order chi connectivity index (χ0) is 14.1. The van der Waals surface area contributed by atoms with E-state index >= 15 is 0 Å². The lowest BCUT2D eigenvalue weighted by Gasteiger charge is -2.02. The minimum absolute atomic E-state index is 0.0126. The van der Waals surface area contributed by atoms with Crippen molar-refractivity contribution in [1.29, 1.82) is 0 Å². The van der Waals surface area contributed by atoms with Gasteiger partial charge in [0, 0.05) is 12.1 Å². The van der Waals surface area contributed by atoms with E-state index in [0.29, 0.717) is 17.9 Å². The third-order valence-electron chi connectivity index (χ3n) is 3.22. The van der Waals surface area contributed by atoms with Gasteiger partial charge in [-0.1, -0.05) is 29.4 Å². The second-order valence-corrected chi connectivity index (χ2v) is 4.62. The summed E-state index contributed by atoms with van der Waals surface area (Å²) >= 11 is 0. The molecule has 3 rings (SSSR count). The van der Waals surface area contributed by atoms with Crippen molar-refractivity contribution in [1.82, 2.24) is 10.1 Å². The normalized spacial score (nSPS) is 21.2. The number of nitro groups is 1. The Morgan fingerprint density at radius 2 is 2.15 bits per heavy atom. The second-order valence-electron chi connectivity index (χ2n) is 4.62. The highest BCUT2D eigenvalue weighted by molar-refractivity contribution is 5.67. The topological polar surface area (TPSA) is 108 Å². The number of allylic oxidation sites excluding steroid dienone is 1. The zero-order valence-corrected chi connectivity index (χ0v) is 10.5. The van der Waals surface area contributed by atoms with Crippen LogP contribution in [0.15, 0.2) is 40.9 Å². The van der Waals surface area contributed by atoms with Crippen LogP contribution in [0.2, 0.25) is 0 Å². The molecule has 102 valence electrons. The summed E-state index contributed by atoms with van der Waals surface area (Å²) in [4.78, 5) is 14.8. The van der Waals surface area contributed by atoms with E-state index < -0.39 is 4.92 Å². The Morgan fingerprint density at radius 1 is 1.35 bits per heavy atom. The van der Waals surface area contributed by atoms with Crippen molar-refractivity contribution in [2.24, 2.45) is 5.73 Å². The quantitative estimate of drug-likeness (QED) is 0.520. The summed E-state index contributed by atoms with van der Waals surface area (Å²) in [6.45, 7) is 0. The second kappa shape index (κ2) is 4.86. The molecule has 1 heterocycles. The van der Waals surface area contributed by atoms with E-state index in [9.17, 15) is 10.1 Å². The smallest absolute Gasteiger partial charge is 0.280 e. The summed E-state index contributed by atoms with van der Waals surface area (Å²) in [7, 11) is 0. The maximum Gasteiger partial charge on any atom is 0.280 e. The number of benzene rings is 1. The molecular weight excluding hydrogens is 260 g/mol. The largest absolute Gasteiger partial charge is 0.338 e. The van der Waals surface area contributed by atoms with Crippen LogP contribution in [0, 0.1) is 10.1 Å². The summed E-state index contributed by atoms with van der Waals surface area (Å²) in [6.07, 6.45) is 4.51. The number of hydrogen-bond donors (Lipinski definition) is 1. The first-order valence-corrected chi connectivity index (χ1v) is 6.16. The van der Waals surface area contributed by atoms with Crippen molar-refractivity contribution >= 4 is 5.69 Å². The fraction of sp³-hybridized carbons (Fsp3) is 0.231. The molecule has 2 atom stereocenters. The minimum Gasteiger partial charge on any atom is -0.338 e. The first-order valence-electron chi connectivity index (χ1n) is 6.16. The molecule has 2 aromatic rings. The summed E-state index contributed by atoms with van der Waals surface area (Å²) in [5.74, 6) is 0.637. The van der Waals surface area contributed by atoms with Gasteiger partial charge in [-0.3, -0.25) is 10.1 Å². The molecule has 1 aromatic carbocycles. The molecule has 0 radical (unpaired) electrons. The molecule has 0 amide bonds. The first-order chi connectivity index (χ1) is 9.65. The van der Waals surface area contributed by atoms with Gasteiger partial charge in [0.15, 0.2) is 0 Å². The van der Waals surface area contributed by atoms with Crippen molar-refractivity contribution in [3.8, 4) is 11.4 Å². The van der Waals surface area contributed by atoms with Crippen molar-refractivity contribution in [3.05, 3.63) is 52.4 Å². The Bertz CT molecular complexity index is 680. The first kappa shape index (κ1) is 12.5. The molecule has 0 fully saturated rings. The molecule has 2 unspecified atom stereocenters. The van der Waals surface area contributed by atoms with Crippen molar-refractivity contribution < 1.29 is 9.45 Å². The predicted molar refractivity (Wildman–Crippen MR) is 70.9 cm³/mol. The lowest BCUT2D eigenvalue weighted by atomic mass is 10.1. The lowest BCUT2D eigenvalue weighted by Crippen LogP contribution is -2.14. The fourth-order valence-electron chi connectivity index (χ4n) is 2.23. The number of nitrogens with two attached hydrogens (primary N) is 1. The molecule has 7 heteroatoms. The van der Waals surface area contributed by atoms with E-state index in [1.54, 1.807) is 18.2 Å². The molecule has 1 aliphatic rings. The van der Waals surface area contributed by atoms with E-state index in [2.05, 4.69) is 10.1 Å². The monoisotopic (exact) mass is 272 g/mol. The molecule has 1 aromatic heterocycles. The fourth-order valence-corrected chi connectivity index (χ4v) is 2.23. The van der Waals surface area contributed by atoms with Crippen molar-refractivity contribution in [2.75, 3.05) is 0 Å². The number of aromatic nitrogens is 2.